The normalized spacial score (nSPS) is 11.5. The van der Waals surface area contributed by atoms with Crippen LogP contribution in [-0.2, 0) is 0 Å². The van der Waals surface area contributed by atoms with Crippen molar-refractivity contribution in [2.45, 2.75) is 13.8 Å². The van der Waals surface area contributed by atoms with Crippen LogP contribution in [0.3, 0.4) is 0 Å². The number of para-hydroxylation sites is 1. The van der Waals surface area contributed by atoms with E-state index in [0.717, 1.165) is 39.3 Å². The second-order valence-corrected chi connectivity index (χ2v) is 5.11. The van der Waals surface area contributed by atoms with E-state index in [1.54, 1.807) is 0 Å². The predicted molar refractivity (Wildman–Crippen MR) is 80.7 cm³/mol. The van der Waals surface area contributed by atoms with E-state index in [0.29, 0.717) is 0 Å². The molecule has 0 saturated carbocycles. The standard InChI is InChI=1S/C16H14N4/c1-9-4-3-5-13-15(9)20-16(19-13)11-6-7-12-14(8-11)18-10(2)17-12/h3-8H,1-2H3,(H,17,18)(H,19,20). The van der Waals surface area contributed by atoms with Gasteiger partial charge in [0.1, 0.15) is 11.6 Å². The summed E-state index contributed by atoms with van der Waals surface area (Å²) in [5.41, 5.74) is 6.38. The first-order valence-electron chi connectivity index (χ1n) is 6.63. The van der Waals surface area contributed by atoms with Gasteiger partial charge in [0, 0.05) is 5.56 Å². The molecule has 20 heavy (non-hydrogen) atoms. The van der Waals surface area contributed by atoms with E-state index in [-0.39, 0.29) is 0 Å². The number of aromatic amines is 2. The zero-order valence-corrected chi connectivity index (χ0v) is 11.4. The SMILES string of the molecule is Cc1nc2ccc(-c3nc4c(C)cccc4[nH]3)cc2[nH]1. The third-order valence-electron chi connectivity index (χ3n) is 3.59. The number of rotatable bonds is 1. The van der Waals surface area contributed by atoms with Crippen LogP contribution >= 0.6 is 0 Å². The molecule has 0 aliphatic rings. The average Bonchev–Trinajstić information content (AvgIpc) is 3.00. The number of aromatic nitrogens is 4. The molecule has 2 heterocycles. The number of fused-ring (bicyclic) bond motifs is 2. The summed E-state index contributed by atoms with van der Waals surface area (Å²) in [6.45, 7) is 4.04. The van der Waals surface area contributed by atoms with E-state index < -0.39 is 0 Å². The highest BCUT2D eigenvalue weighted by atomic mass is 14.9. The highest BCUT2D eigenvalue weighted by molar-refractivity contribution is 5.85. The average molecular weight is 262 g/mol. The maximum Gasteiger partial charge on any atom is 0.138 e. The highest BCUT2D eigenvalue weighted by Crippen LogP contribution is 2.24. The fourth-order valence-electron chi connectivity index (χ4n) is 2.60. The fourth-order valence-corrected chi connectivity index (χ4v) is 2.60. The Balaban J connectivity index is 1.93. The molecule has 4 aromatic rings. The van der Waals surface area contributed by atoms with Crippen molar-refractivity contribution in [2.75, 3.05) is 0 Å². The Morgan fingerprint density at radius 3 is 2.65 bits per heavy atom. The van der Waals surface area contributed by atoms with Crippen LogP contribution in [-0.4, -0.2) is 19.9 Å². The molecule has 98 valence electrons. The molecule has 4 rings (SSSR count). The quantitative estimate of drug-likeness (QED) is 0.549. The minimum Gasteiger partial charge on any atom is -0.342 e. The van der Waals surface area contributed by atoms with Crippen LogP contribution in [0.2, 0.25) is 0 Å². The summed E-state index contributed by atoms with van der Waals surface area (Å²) in [6, 6.07) is 12.3. The number of nitrogens with zero attached hydrogens (tertiary/aromatic N) is 2. The summed E-state index contributed by atoms with van der Waals surface area (Å²) in [7, 11) is 0. The smallest absolute Gasteiger partial charge is 0.138 e. The topological polar surface area (TPSA) is 57.4 Å². The first kappa shape index (κ1) is 11.2. The van der Waals surface area contributed by atoms with E-state index in [2.05, 4.69) is 46.1 Å². The molecule has 0 radical (unpaired) electrons. The minimum absolute atomic E-state index is 0.892. The maximum absolute atomic E-state index is 4.71. The molecule has 0 unspecified atom stereocenters. The van der Waals surface area contributed by atoms with Gasteiger partial charge >= 0.3 is 0 Å². The molecular weight excluding hydrogens is 248 g/mol. The summed E-state index contributed by atoms with van der Waals surface area (Å²) >= 11 is 0. The minimum atomic E-state index is 0.892. The monoisotopic (exact) mass is 262 g/mol. The molecule has 0 fully saturated rings. The van der Waals surface area contributed by atoms with E-state index >= 15 is 0 Å². The first-order valence-corrected chi connectivity index (χ1v) is 6.63. The van der Waals surface area contributed by atoms with Crippen molar-refractivity contribution in [3.8, 4) is 11.4 Å². The summed E-state index contributed by atoms with van der Waals surface area (Å²) < 4.78 is 0. The fraction of sp³-hybridized carbons (Fsp3) is 0.125. The predicted octanol–water partition coefficient (Wildman–Crippen LogP) is 3.72. The van der Waals surface area contributed by atoms with E-state index in [1.165, 1.54) is 5.56 Å². The number of hydrogen-bond acceptors (Lipinski definition) is 2. The number of aryl methyl sites for hydroxylation is 2. The molecule has 0 bridgehead atoms. The highest BCUT2D eigenvalue weighted by Gasteiger charge is 2.08. The van der Waals surface area contributed by atoms with Crippen LogP contribution < -0.4 is 0 Å². The molecule has 4 nitrogen and oxygen atoms in total. The number of nitrogens with one attached hydrogen (secondary N) is 2. The van der Waals surface area contributed by atoms with Gasteiger partial charge in [-0.05, 0) is 43.7 Å². The molecule has 2 aromatic carbocycles. The number of imidazole rings is 2. The lowest BCUT2D eigenvalue weighted by molar-refractivity contribution is 1.17. The molecule has 2 N–H and O–H groups in total. The maximum atomic E-state index is 4.71. The van der Waals surface area contributed by atoms with Crippen LogP contribution in [0.25, 0.3) is 33.5 Å². The number of H-pyrrole nitrogens is 2. The molecule has 0 atom stereocenters. The lowest BCUT2D eigenvalue weighted by Gasteiger charge is -1.96. The van der Waals surface area contributed by atoms with Crippen molar-refractivity contribution >= 4 is 22.1 Å². The molecule has 0 amide bonds. The third-order valence-corrected chi connectivity index (χ3v) is 3.59. The van der Waals surface area contributed by atoms with E-state index in [9.17, 15) is 0 Å². The summed E-state index contributed by atoms with van der Waals surface area (Å²) in [4.78, 5) is 15.8. The van der Waals surface area contributed by atoms with Gasteiger partial charge in [-0.15, -0.1) is 0 Å². The Hall–Kier alpha value is -2.62. The van der Waals surface area contributed by atoms with Crippen LogP contribution in [0.4, 0.5) is 0 Å². The van der Waals surface area contributed by atoms with Gasteiger partial charge in [-0.2, -0.15) is 0 Å². The Morgan fingerprint density at radius 1 is 0.900 bits per heavy atom. The zero-order chi connectivity index (χ0) is 13.7. The largest absolute Gasteiger partial charge is 0.342 e. The lowest BCUT2D eigenvalue weighted by Crippen LogP contribution is -1.80. The van der Waals surface area contributed by atoms with Gasteiger partial charge in [0.05, 0.1) is 22.1 Å². The summed E-state index contributed by atoms with van der Waals surface area (Å²) in [5.74, 6) is 1.82. The van der Waals surface area contributed by atoms with Gasteiger partial charge in [0.15, 0.2) is 0 Å². The molecule has 0 aliphatic carbocycles. The van der Waals surface area contributed by atoms with Crippen molar-refractivity contribution in [3.05, 3.63) is 47.8 Å². The number of hydrogen-bond donors (Lipinski definition) is 2. The van der Waals surface area contributed by atoms with Gasteiger partial charge < -0.3 is 9.97 Å². The van der Waals surface area contributed by atoms with Crippen LogP contribution in [0, 0.1) is 13.8 Å². The van der Waals surface area contributed by atoms with Crippen LogP contribution in [0.15, 0.2) is 36.4 Å². The van der Waals surface area contributed by atoms with Gasteiger partial charge in [-0.1, -0.05) is 12.1 Å². The van der Waals surface area contributed by atoms with Gasteiger partial charge in [0.25, 0.3) is 0 Å². The molecule has 0 spiro atoms. The van der Waals surface area contributed by atoms with Gasteiger partial charge in [0.2, 0.25) is 0 Å². The Morgan fingerprint density at radius 2 is 1.80 bits per heavy atom. The summed E-state index contributed by atoms with van der Waals surface area (Å²) in [6.07, 6.45) is 0. The van der Waals surface area contributed by atoms with Gasteiger partial charge in [-0.3, -0.25) is 0 Å². The second kappa shape index (κ2) is 3.93. The van der Waals surface area contributed by atoms with Crippen molar-refractivity contribution in [1.82, 2.24) is 19.9 Å². The van der Waals surface area contributed by atoms with E-state index in [4.69, 9.17) is 4.98 Å². The molecule has 4 heteroatoms. The van der Waals surface area contributed by atoms with Crippen LogP contribution in [0.1, 0.15) is 11.4 Å². The first-order chi connectivity index (χ1) is 9.70. The molecule has 0 saturated heterocycles. The van der Waals surface area contributed by atoms with Crippen molar-refractivity contribution in [1.29, 1.82) is 0 Å². The molecule has 2 aromatic heterocycles. The van der Waals surface area contributed by atoms with Crippen molar-refractivity contribution in [2.24, 2.45) is 0 Å². The Bertz CT molecular complexity index is 930. The Kier molecular flexibility index (Phi) is 2.21. The zero-order valence-electron chi connectivity index (χ0n) is 11.4. The second-order valence-electron chi connectivity index (χ2n) is 5.11. The van der Waals surface area contributed by atoms with E-state index in [1.807, 2.05) is 19.1 Å². The third kappa shape index (κ3) is 1.61. The van der Waals surface area contributed by atoms with Crippen LogP contribution in [0.5, 0.6) is 0 Å². The van der Waals surface area contributed by atoms with Crippen molar-refractivity contribution < 1.29 is 0 Å². The molecule has 0 aliphatic heterocycles. The number of benzene rings is 2. The summed E-state index contributed by atoms with van der Waals surface area (Å²) in [5, 5.41) is 0. The Labute approximate surface area is 115 Å². The van der Waals surface area contributed by atoms with Crippen molar-refractivity contribution in [3.63, 3.8) is 0 Å². The molecular formula is C16H14N4. The lowest BCUT2D eigenvalue weighted by atomic mass is 10.2. The van der Waals surface area contributed by atoms with Gasteiger partial charge in [-0.25, -0.2) is 9.97 Å².